The first kappa shape index (κ1) is 23.6. The smallest absolute Gasteiger partial charge is 0.0960 e. The van der Waals surface area contributed by atoms with Crippen LogP contribution in [0.2, 0.25) is 13.3 Å². The van der Waals surface area contributed by atoms with Gasteiger partial charge >= 0.3 is 92.4 Å². The van der Waals surface area contributed by atoms with E-state index in [9.17, 15) is 5.11 Å². The molecule has 0 heterocycles. The predicted octanol–water partition coefficient (Wildman–Crippen LogP) is 8.41. The van der Waals surface area contributed by atoms with Crippen molar-refractivity contribution in [2.45, 2.75) is 98.3 Å². The Bertz CT molecular complexity index is 461. The minimum atomic E-state index is -0.839. The molecule has 0 spiro atoms. The molecule has 1 aromatic rings. The van der Waals surface area contributed by atoms with Gasteiger partial charge in [0.2, 0.25) is 0 Å². The molecule has 0 saturated heterocycles. The van der Waals surface area contributed by atoms with Crippen molar-refractivity contribution in [3.63, 3.8) is 0 Å². The first-order chi connectivity index (χ1) is 12.7. The fourth-order valence-electron chi connectivity index (χ4n) is 3.50. The summed E-state index contributed by atoms with van der Waals surface area (Å²) in [6.45, 7) is 7.00. The number of hydrogen-bond acceptors (Lipinski definition) is 1. The van der Waals surface area contributed by atoms with E-state index < -0.39 is 19.8 Å². The Labute approximate surface area is 170 Å². The first-order valence-electron chi connectivity index (χ1n) is 11.0. The molecule has 0 aliphatic heterocycles. The summed E-state index contributed by atoms with van der Waals surface area (Å²) in [6.07, 6.45) is 13.1. The fraction of sp³-hybridized carbons (Fsp3) is 0.667. The molecule has 0 unspecified atom stereocenters. The summed E-state index contributed by atoms with van der Waals surface area (Å²) in [5.41, 5.74) is 2.33. The zero-order chi connectivity index (χ0) is 19.0. The molecule has 1 aliphatic rings. The summed E-state index contributed by atoms with van der Waals surface area (Å²) in [7, 11) is 0. The average Bonchev–Trinajstić information content (AvgIpc) is 2.69. The molecule has 1 radical (unpaired) electrons. The van der Waals surface area contributed by atoms with Gasteiger partial charge in [0, 0.05) is 6.42 Å². The molecule has 0 bridgehead atoms. The van der Waals surface area contributed by atoms with Crippen molar-refractivity contribution in [3.8, 4) is 0 Å². The summed E-state index contributed by atoms with van der Waals surface area (Å²) >= 11 is -0.839. The molecular formula is C24H41OSn. The van der Waals surface area contributed by atoms with Crippen LogP contribution in [0.1, 0.15) is 90.5 Å². The van der Waals surface area contributed by atoms with Crippen molar-refractivity contribution in [2.75, 3.05) is 0 Å². The van der Waals surface area contributed by atoms with Crippen LogP contribution >= 0.6 is 0 Å². The van der Waals surface area contributed by atoms with Gasteiger partial charge in [-0.3, -0.25) is 0 Å². The molecular weight excluding hydrogens is 423 g/mol. The van der Waals surface area contributed by atoms with E-state index in [0.717, 1.165) is 24.8 Å². The van der Waals surface area contributed by atoms with Gasteiger partial charge in [0.05, 0.1) is 5.76 Å². The van der Waals surface area contributed by atoms with Crippen LogP contribution in [-0.2, 0) is 0 Å². The third kappa shape index (κ3) is 10.0. The normalized spacial score (nSPS) is 14.3. The summed E-state index contributed by atoms with van der Waals surface area (Å²) in [6, 6.07) is 10.2. The largest absolute Gasteiger partial charge is 0.512 e. The van der Waals surface area contributed by atoms with Crippen LogP contribution in [0.3, 0.4) is 0 Å². The summed E-state index contributed by atoms with van der Waals surface area (Å²) in [5, 5.41) is 9.70. The SMILES string of the molecule is CCC[CH2][Sn]([CH2]CCC)[CH2]CCC.OC1=C(c2ccccc2)CCCC1. The average molecular weight is 464 g/mol. The van der Waals surface area contributed by atoms with Crippen molar-refractivity contribution < 1.29 is 5.11 Å². The van der Waals surface area contributed by atoms with Gasteiger partial charge in [-0.05, 0) is 30.4 Å². The van der Waals surface area contributed by atoms with E-state index in [-0.39, 0.29) is 0 Å². The number of rotatable bonds is 10. The molecule has 1 aromatic carbocycles. The number of unbranched alkanes of at least 4 members (excludes halogenated alkanes) is 3. The van der Waals surface area contributed by atoms with Crippen molar-refractivity contribution >= 4 is 25.3 Å². The Morgan fingerprint density at radius 2 is 1.27 bits per heavy atom. The van der Waals surface area contributed by atoms with E-state index >= 15 is 0 Å². The third-order valence-electron chi connectivity index (χ3n) is 5.21. The van der Waals surface area contributed by atoms with Crippen molar-refractivity contribution in [2.24, 2.45) is 0 Å². The van der Waals surface area contributed by atoms with Crippen LogP contribution in [0.5, 0.6) is 0 Å². The quantitative estimate of drug-likeness (QED) is 0.345. The maximum atomic E-state index is 9.70. The Hall–Kier alpha value is -0.441. The molecule has 1 nitrogen and oxygen atoms in total. The van der Waals surface area contributed by atoms with E-state index in [1.54, 1.807) is 13.3 Å². The number of allylic oxidation sites excluding steroid dienone is 2. The van der Waals surface area contributed by atoms with Crippen molar-refractivity contribution in [1.29, 1.82) is 0 Å². The molecule has 26 heavy (non-hydrogen) atoms. The van der Waals surface area contributed by atoms with E-state index in [0.29, 0.717) is 5.76 Å². The van der Waals surface area contributed by atoms with Crippen molar-refractivity contribution in [3.05, 3.63) is 41.7 Å². The predicted molar refractivity (Wildman–Crippen MR) is 119 cm³/mol. The van der Waals surface area contributed by atoms with Gasteiger partial charge in [0.15, 0.2) is 0 Å². The fourth-order valence-corrected chi connectivity index (χ4v) is 12.9. The van der Waals surface area contributed by atoms with E-state index in [1.807, 2.05) is 18.2 Å². The number of hydrogen-bond donors (Lipinski definition) is 1. The van der Waals surface area contributed by atoms with Crippen LogP contribution in [0, 0.1) is 0 Å². The number of aliphatic hydroxyl groups is 1. The number of benzene rings is 1. The molecule has 0 saturated carbocycles. The zero-order valence-corrected chi connectivity index (χ0v) is 20.4. The van der Waals surface area contributed by atoms with Gasteiger partial charge in [-0.2, -0.15) is 0 Å². The summed E-state index contributed by atoms with van der Waals surface area (Å²) in [4.78, 5) is 0. The Morgan fingerprint density at radius 3 is 1.73 bits per heavy atom. The molecule has 0 aromatic heterocycles. The molecule has 0 fully saturated rings. The minimum absolute atomic E-state index is 0.595. The Morgan fingerprint density at radius 1 is 0.769 bits per heavy atom. The van der Waals surface area contributed by atoms with Crippen LogP contribution < -0.4 is 0 Å². The van der Waals surface area contributed by atoms with Gasteiger partial charge in [0.1, 0.15) is 0 Å². The van der Waals surface area contributed by atoms with Crippen molar-refractivity contribution in [1.82, 2.24) is 0 Å². The minimum Gasteiger partial charge on any atom is -0.512 e. The molecule has 0 amide bonds. The zero-order valence-electron chi connectivity index (χ0n) is 17.5. The molecule has 0 atom stereocenters. The van der Waals surface area contributed by atoms with Crippen LogP contribution in [0.4, 0.5) is 0 Å². The van der Waals surface area contributed by atoms with Gasteiger partial charge in [-0.25, -0.2) is 0 Å². The molecule has 147 valence electrons. The van der Waals surface area contributed by atoms with Crippen LogP contribution in [0.25, 0.3) is 5.57 Å². The van der Waals surface area contributed by atoms with Crippen LogP contribution in [0.15, 0.2) is 36.1 Å². The standard InChI is InChI=1S/C12H14O.3C4H9.Sn/c13-12-9-5-4-8-11(12)10-6-2-1-3-7-10;3*1-3-4-2;/h1-3,6-7,13H,4-5,8-9H2;3*1,3-4H2,2H3;. The number of aliphatic hydroxyl groups excluding tert-OH is 1. The monoisotopic (exact) mass is 465 g/mol. The van der Waals surface area contributed by atoms with E-state index in [4.69, 9.17) is 0 Å². The van der Waals surface area contributed by atoms with Gasteiger partial charge in [0.25, 0.3) is 0 Å². The second-order valence-corrected chi connectivity index (χ2v) is 16.1. The van der Waals surface area contributed by atoms with Gasteiger partial charge in [-0.1, -0.05) is 30.3 Å². The maximum absolute atomic E-state index is 9.70. The second kappa shape index (κ2) is 15.6. The van der Waals surface area contributed by atoms with E-state index in [2.05, 4.69) is 32.9 Å². The maximum Gasteiger partial charge on any atom is 0.0960 e. The summed E-state index contributed by atoms with van der Waals surface area (Å²) < 4.78 is 5.04. The molecule has 1 N–H and O–H groups in total. The summed E-state index contributed by atoms with van der Waals surface area (Å²) in [5.74, 6) is 0.595. The molecule has 1 aliphatic carbocycles. The van der Waals surface area contributed by atoms with Gasteiger partial charge in [-0.15, -0.1) is 0 Å². The third-order valence-corrected chi connectivity index (χ3v) is 14.3. The Balaban J connectivity index is 0.000000260. The second-order valence-electron chi connectivity index (χ2n) is 7.56. The first-order valence-corrected chi connectivity index (χ1v) is 17.1. The van der Waals surface area contributed by atoms with E-state index in [1.165, 1.54) is 50.5 Å². The Kier molecular flexibility index (Phi) is 14.2. The topological polar surface area (TPSA) is 20.2 Å². The van der Waals surface area contributed by atoms with Gasteiger partial charge < -0.3 is 5.11 Å². The molecule has 2 rings (SSSR count). The van der Waals surface area contributed by atoms with Crippen LogP contribution in [-0.4, -0.2) is 24.9 Å². The molecule has 2 heteroatoms.